The Labute approximate surface area is 180 Å². The molecule has 168 valence electrons. The fourth-order valence-electron chi connectivity index (χ4n) is 4.13. The first-order valence-electron chi connectivity index (χ1n) is 9.81. The summed E-state index contributed by atoms with van der Waals surface area (Å²) in [6.07, 6.45) is -8.02. The van der Waals surface area contributed by atoms with E-state index in [0.717, 1.165) is 4.90 Å². The number of carbonyl (C=O) groups is 1. The van der Waals surface area contributed by atoms with E-state index in [1.54, 1.807) is 13.8 Å². The molecule has 10 heteroatoms. The number of nitrogens with one attached hydrogen (secondary N) is 1. The number of rotatable bonds is 6. The van der Waals surface area contributed by atoms with Crippen LogP contribution in [0.4, 0.5) is 17.6 Å². The van der Waals surface area contributed by atoms with E-state index in [0.29, 0.717) is 4.47 Å². The van der Waals surface area contributed by atoms with Gasteiger partial charge in [-0.25, -0.2) is 4.39 Å². The largest absolute Gasteiger partial charge is 0.407 e. The van der Waals surface area contributed by atoms with Crippen LogP contribution in [0, 0.1) is 5.92 Å². The van der Waals surface area contributed by atoms with Crippen molar-refractivity contribution in [2.45, 2.75) is 62.9 Å². The monoisotopic (exact) mass is 496 g/mol. The summed E-state index contributed by atoms with van der Waals surface area (Å²) in [5.74, 6) is -0.746. The van der Waals surface area contributed by atoms with Crippen LogP contribution in [0.1, 0.15) is 31.9 Å². The number of fused-ring (bicyclic) bond motifs is 1. The molecule has 5 nitrogen and oxygen atoms in total. The maximum absolute atomic E-state index is 14.3. The molecule has 1 amide bonds. The lowest BCUT2D eigenvalue weighted by Gasteiger charge is -2.33. The number of benzene rings is 1. The summed E-state index contributed by atoms with van der Waals surface area (Å²) >= 11 is 3.20. The Morgan fingerprint density at radius 2 is 1.97 bits per heavy atom. The lowest BCUT2D eigenvalue weighted by molar-refractivity contribution is -0.163. The van der Waals surface area contributed by atoms with E-state index in [9.17, 15) is 27.5 Å². The fraction of sp³-hybridized carbons (Fsp3) is 0.650. The van der Waals surface area contributed by atoms with Gasteiger partial charge in [-0.1, -0.05) is 41.9 Å². The van der Waals surface area contributed by atoms with E-state index in [1.165, 1.54) is 24.3 Å². The van der Waals surface area contributed by atoms with E-state index in [4.69, 9.17) is 4.74 Å². The summed E-state index contributed by atoms with van der Waals surface area (Å²) in [5.41, 5.74) is -0.0286. The Morgan fingerprint density at radius 1 is 1.33 bits per heavy atom. The molecule has 2 fully saturated rings. The Balaban J connectivity index is 1.87. The van der Waals surface area contributed by atoms with Crippen molar-refractivity contribution >= 4 is 21.8 Å². The highest BCUT2D eigenvalue weighted by molar-refractivity contribution is 9.10. The Kier molecular flexibility index (Phi) is 7.11. The average Bonchev–Trinajstić information content (AvgIpc) is 3.19. The number of aliphatic hydroxyl groups is 1. The molecule has 6 atom stereocenters. The van der Waals surface area contributed by atoms with Gasteiger partial charge in [0.1, 0.15) is 24.4 Å². The highest BCUT2D eigenvalue weighted by Crippen LogP contribution is 2.36. The molecule has 0 spiro atoms. The molecule has 2 saturated heterocycles. The fourth-order valence-corrected chi connectivity index (χ4v) is 4.39. The third kappa shape index (κ3) is 4.98. The number of aliphatic hydroxyl groups excluding tert-OH is 1. The summed E-state index contributed by atoms with van der Waals surface area (Å²) in [6, 6.07) is 1.52. The van der Waals surface area contributed by atoms with Gasteiger partial charge < -0.3 is 14.7 Å². The first kappa shape index (κ1) is 23.4. The van der Waals surface area contributed by atoms with Crippen LogP contribution in [0.5, 0.6) is 0 Å². The third-order valence-electron chi connectivity index (χ3n) is 5.46. The van der Waals surface area contributed by atoms with Crippen molar-refractivity contribution in [3.8, 4) is 0 Å². The number of alkyl halides is 4. The molecule has 0 saturated carbocycles. The Hall–Kier alpha value is -1.23. The number of ether oxygens (including phenoxy) is 1. The number of likely N-dealkylation sites (tertiary alicyclic amines) is 1. The summed E-state index contributed by atoms with van der Waals surface area (Å²) in [5, 5.41) is 12.6. The summed E-state index contributed by atoms with van der Waals surface area (Å²) < 4.78 is 61.8. The molecular formula is C20H25BrF4N2O3. The summed E-state index contributed by atoms with van der Waals surface area (Å²) in [4.78, 5) is 14.4. The summed E-state index contributed by atoms with van der Waals surface area (Å²) in [6.45, 7) is 3.17. The zero-order chi connectivity index (χ0) is 22.2. The summed E-state index contributed by atoms with van der Waals surface area (Å²) in [7, 11) is 0. The highest BCUT2D eigenvalue weighted by atomic mass is 79.9. The quantitative estimate of drug-likeness (QED) is 0.592. The van der Waals surface area contributed by atoms with Crippen molar-refractivity contribution < 1.29 is 32.2 Å². The lowest BCUT2D eigenvalue weighted by Crippen LogP contribution is -2.54. The van der Waals surface area contributed by atoms with E-state index in [-0.39, 0.29) is 31.1 Å². The van der Waals surface area contributed by atoms with Crippen LogP contribution < -0.4 is 5.32 Å². The maximum Gasteiger partial charge on any atom is 0.407 e. The topological polar surface area (TPSA) is 61.8 Å². The van der Waals surface area contributed by atoms with Crippen molar-refractivity contribution in [2.75, 3.05) is 13.2 Å². The number of hydrogen-bond donors (Lipinski definition) is 2. The number of halogens is 5. The minimum Gasteiger partial charge on any atom is -0.388 e. The number of carbonyl (C=O) groups excluding carboxylic acids is 1. The molecular weight excluding hydrogens is 472 g/mol. The predicted octanol–water partition coefficient (Wildman–Crippen LogP) is 3.37. The van der Waals surface area contributed by atoms with Crippen LogP contribution in [-0.2, 0) is 9.53 Å². The molecule has 2 aliphatic heterocycles. The second-order valence-corrected chi connectivity index (χ2v) is 9.15. The van der Waals surface area contributed by atoms with Gasteiger partial charge in [-0.15, -0.1) is 0 Å². The van der Waals surface area contributed by atoms with E-state index >= 15 is 0 Å². The van der Waals surface area contributed by atoms with Crippen LogP contribution in [0.3, 0.4) is 0 Å². The zero-order valence-electron chi connectivity index (χ0n) is 16.6. The molecule has 2 aliphatic rings. The zero-order valence-corrected chi connectivity index (χ0v) is 18.2. The predicted molar refractivity (Wildman–Crippen MR) is 105 cm³/mol. The second kappa shape index (κ2) is 9.10. The number of amides is 1. The molecule has 0 radical (unpaired) electrons. The Bertz CT molecular complexity index is 747. The van der Waals surface area contributed by atoms with Crippen LogP contribution in [0.25, 0.3) is 0 Å². The van der Waals surface area contributed by atoms with Crippen LogP contribution in [-0.4, -0.2) is 65.7 Å². The first-order valence-corrected chi connectivity index (χ1v) is 10.6. The van der Waals surface area contributed by atoms with Gasteiger partial charge in [0.2, 0.25) is 5.91 Å². The van der Waals surface area contributed by atoms with Gasteiger partial charge in [-0.05, 0) is 30.0 Å². The standard InChI is InChI=1S/C20H25BrF4N2O3/c1-10(2)7-14(19(29)27-8-13(22)17-16(27)15(28)9-30-17)26-18(20(23,24)25)11-3-5-12(21)6-4-11/h3-6,10,13-18,26,28H,7-9H2,1-2H3/t13-,14?,15-,16+,17+,18?/m0/s1. The highest BCUT2D eigenvalue weighted by Gasteiger charge is 2.54. The lowest BCUT2D eigenvalue weighted by atomic mass is 9.98. The SMILES string of the molecule is CC(C)CC(NC(c1ccc(Br)cc1)C(F)(F)F)C(=O)N1C[C@H](F)[C@H]2OC[C@H](O)[C@H]21. The molecule has 30 heavy (non-hydrogen) atoms. The first-order chi connectivity index (χ1) is 14.0. The van der Waals surface area contributed by atoms with Gasteiger partial charge in [-0.3, -0.25) is 10.1 Å². The van der Waals surface area contributed by atoms with Crippen molar-refractivity contribution in [3.63, 3.8) is 0 Å². The molecule has 2 N–H and O–H groups in total. The van der Waals surface area contributed by atoms with E-state index in [1.807, 2.05) is 0 Å². The van der Waals surface area contributed by atoms with Crippen molar-refractivity contribution in [3.05, 3.63) is 34.3 Å². The molecule has 1 aromatic rings. The second-order valence-electron chi connectivity index (χ2n) is 8.24. The number of nitrogens with zero attached hydrogens (tertiary/aromatic N) is 1. The molecule has 0 bridgehead atoms. The van der Waals surface area contributed by atoms with Crippen molar-refractivity contribution in [1.82, 2.24) is 10.2 Å². The van der Waals surface area contributed by atoms with E-state index < -0.39 is 48.6 Å². The van der Waals surface area contributed by atoms with Crippen LogP contribution in [0.2, 0.25) is 0 Å². The van der Waals surface area contributed by atoms with Crippen LogP contribution >= 0.6 is 15.9 Å². The third-order valence-corrected chi connectivity index (χ3v) is 5.99. The molecule has 2 heterocycles. The maximum atomic E-state index is 14.3. The van der Waals surface area contributed by atoms with Gasteiger partial charge in [0, 0.05) is 4.47 Å². The molecule has 0 aliphatic carbocycles. The van der Waals surface area contributed by atoms with Gasteiger partial charge >= 0.3 is 6.18 Å². The normalized spacial score (nSPS) is 28.6. The van der Waals surface area contributed by atoms with Gasteiger partial charge in [0.15, 0.2) is 0 Å². The van der Waals surface area contributed by atoms with Crippen LogP contribution in [0.15, 0.2) is 28.7 Å². The minimum atomic E-state index is -4.64. The van der Waals surface area contributed by atoms with Crippen molar-refractivity contribution in [2.24, 2.45) is 5.92 Å². The van der Waals surface area contributed by atoms with Gasteiger partial charge in [0.25, 0.3) is 0 Å². The molecule has 3 rings (SSSR count). The molecule has 0 aromatic heterocycles. The number of hydrogen-bond acceptors (Lipinski definition) is 4. The van der Waals surface area contributed by atoms with Gasteiger partial charge in [-0.2, -0.15) is 13.2 Å². The average molecular weight is 497 g/mol. The molecule has 2 unspecified atom stereocenters. The van der Waals surface area contributed by atoms with Gasteiger partial charge in [0.05, 0.1) is 25.2 Å². The van der Waals surface area contributed by atoms with E-state index in [2.05, 4.69) is 21.2 Å². The van der Waals surface area contributed by atoms with Crippen molar-refractivity contribution in [1.29, 1.82) is 0 Å². The smallest absolute Gasteiger partial charge is 0.388 e. The Morgan fingerprint density at radius 3 is 2.53 bits per heavy atom. The minimum absolute atomic E-state index is 0.0286. The molecule has 1 aromatic carbocycles.